The van der Waals surface area contributed by atoms with Gasteiger partial charge in [0.15, 0.2) is 0 Å². The molecule has 1 aromatic rings. The number of aliphatic imine (C=N–C) groups is 2. The van der Waals surface area contributed by atoms with E-state index in [1.165, 1.54) is 0 Å². The van der Waals surface area contributed by atoms with Crippen molar-refractivity contribution < 1.29 is 4.42 Å². The first-order valence-corrected chi connectivity index (χ1v) is 6.31. The Kier molecular flexibility index (Phi) is 6.47. The molecule has 0 spiro atoms. The van der Waals surface area contributed by atoms with Gasteiger partial charge in [0.1, 0.15) is 11.5 Å². The van der Waals surface area contributed by atoms with Gasteiger partial charge in [-0.25, -0.2) is 0 Å². The highest BCUT2D eigenvalue weighted by molar-refractivity contribution is 5.81. The Bertz CT molecular complexity index is 465. The predicted molar refractivity (Wildman–Crippen MR) is 77.6 cm³/mol. The molecule has 0 unspecified atom stereocenters. The van der Waals surface area contributed by atoms with Crippen LogP contribution in [0, 0.1) is 0 Å². The van der Waals surface area contributed by atoms with E-state index in [0.717, 1.165) is 30.1 Å². The molecule has 0 radical (unpaired) electrons. The maximum Gasteiger partial charge on any atom is 0.145 e. The summed E-state index contributed by atoms with van der Waals surface area (Å²) in [4.78, 5) is 8.22. The van der Waals surface area contributed by atoms with E-state index in [2.05, 4.69) is 22.1 Å². The molecule has 3 nitrogen and oxygen atoms in total. The monoisotopic (exact) mass is 244 g/mol. The normalized spacial score (nSPS) is 14.7. The molecule has 18 heavy (non-hydrogen) atoms. The SMILES string of the molecule is CC.CN=Cc1ccc(C=NC2=CCCC=C2)o1. The summed E-state index contributed by atoms with van der Waals surface area (Å²) in [6.07, 6.45) is 11.9. The van der Waals surface area contributed by atoms with Gasteiger partial charge in [0.05, 0.1) is 18.1 Å². The minimum absolute atomic E-state index is 0.745. The molecular weight excluding hydrogens is 224 g/mol. The van der Waals surface area contributed by atoms with Gasteiger partial charge in [0.2, 0.25) is 0 Å². The van der Waals surface area contributed by atoms with Crippen molar-refractivity contribution in [1.82, 2.24) is 0 Å². The average Bonchev–Trinajstić information content (AvgIpc) is 2.88. The van der Waals surface area contributed by atoms with Crippen molar-refractivity contribution in [3.05, 3.63) is 47.6 Å². The third kappa shape index (κ3) is 4.53. The zero-order valence-corrected chi connectivity index (χ0v) is 11.3. The van der Waals surface area contributed by atoms with E-state index in [-0.39, 0.29) is 0 Å². The van der Waals surface area contributed by atoms with E-state index in [1.54, 1.807) is 19.5 Å². The van der Waals surface area contributed by atoms with Gasteiger partial charge in [-0.05, 0) is 31.1 Å². The highest BCUT2D eigenvalue weighted by Crippen LogP contribution is 2.11. The molecule has 0 aliphatic heterocycles. The van der Waals surface area contributed by atoms with E-state index in [9.17, 15) is 0 Å². The summed E-state index contributed by atoms with van der Waals surface area (Å²) < 4.78 is 5.47. The van der Waals surface area contributed by atoms with Gasteiger partial charge < -0.3 is 4.42 Å². The van der Waals surface area contributed by atoms with E-state index >= 15 is 0 Å². The molecule has 0 aromatic carbocycles. The minimum atomic E-state index is 0.745. The second-order valence-corrected chi connectivity index (χ2v) is 3.49. The fourth-order valence-corrected chi connectivity index (χ4v) is 1.47. The van der Waals surface area contributed by atoms with Gasteiger partial charge in [0.25, 0.3) is 0 Å². The van der Waals surface area contributed by atoms with Crippen LogP contribution in [0.1, 0.15) is 38.2 Å². The number of nitrogens with zero attached hydrogens (tertiary/aromatic N) is 2. The van der Waals surface area contributed by atoms with Crippen LogP contribution in [0.3, 0.4) is 0 Å². The molecule has 1 heterocycles. The Morgan fingerprint density at radius 3 is 2.44 bits per heavy atom. The topological polar surface area (TPSA) is 37.9 Å². The van der Waals surface area contributed by atoms with Gasteiger partial charge in [0, 0.05) is 7.05 Å². The maximum absolute atomic E-state index is 5.47. The minimum Gasteiger partial charge on any atom is -0.454 e. The van der Waals surface area contributed by atoms with Gasteiger partial charge in [-0.3, -0.25) is 9.98 Å². The van der Waals surface area contributed by atoms with Crippen LogP contribution < -0.4 is 0 Å². The van der Waals surface area contributed by atoms with E-state index in [4.69, 9.17) is 4.42 Å². The van der Waals surface area contributed by atoms with Crippen LogP contribution in [-0.4, -0.2) is 19.5 Å². The summed E-state index contributed by atoms with van der Waals surface area (Å²) in [7, 11) is 1.72. The van der Waals surface area contributed by atoms with Crippen LogP contribution in [0.5, 0.6) is 0 Å². The summed E-state index contributed by atoms with van der Waals surface area (Å²) in [6, 6.07) is 3.76. The summed E-state index contributed by atoms with van der Waals surface area (Å²) in [5, 5.41) is 0. The summed E-state index contributed by atoms with van der Waals surface area (Å²) >= 11 is 0. The lowest BCUT2D eigenvalue weighted by atomic mass is 10.1. The Balaban J connectivity index is 0.000000771. The van der Waals surface area contributed by atoms with Gasteiger partial charge in [-0.15, -0.1) is 0 Å². The molecule has 0 bridgehead atoms. The molecule has 96 valence electrons. The fraction of sp³-hybridized carbons (Fsp3) is 0.333. The molecule has 0 amide bonds. The first kappa shape index (κ1) is 14.2. The summed E-state index contributed by atoms with van der Waals surface area (Å²) in [5.41, 5.74) is 0.994. The van der Waals surface area contributed by atoms with E-state index in [1.807, 2.05) is 32.1 Å². The van der Waals surface area contributed by atoms with Crippen LogP contribution in [0.2, 0.25) is 0 Å². The molecule has 3 heteroatoms. The zero-order chi connectivity index (χ0) is 13.2. The summed E-state index contributed by atoms with van der Waals surface area (Å²) in [6.45, 7) is 4.00. The summed E-state index contributed by atoms with van der Waals surface area (Å²) in [5.74, 6) is 1.49. The van der Waals surface area contributed by atoms with Crippen molar-refractivity contribution in [2.45, 2.75) is 26.7 Å². The molecule has 0 fully saturated rings. The van der Waals surface area contributed by atoms with Crippen molar-refractivity contribution in [2.75, 3.05) is 7.05 Å². The van der Waals surface area contributed by atoms with Gasteiger partial charge in [-0.1, -0.05) is 26.0 Å². The molecule has 0 atom stereocenters. The molecular formula is C15H20N2O. The largest absolute Gasteiger partial charge is 0.454 e. The first-order valence-electron chi connectivity index (χ1n) is 6.31. The molecule has 1 aliphatic rings. The van der Waals surface area contributed by atoms with E-state index in [0.29, 0.717) is 0 Å². The second-order valence-electron chi connectivity index (χ2n) is 3.49. The molecule has 0 N–H and O–H groups in total. The average molecular weight is 244 g/mol. The zero-order valence-electron chi connectivity index (χ0n) is 11.3. The lowest BCUT2D eigenvalue weighted by molar-refractivity contribution is 0.553. The lowest BCUT2D eigenvalue weighted by Crippen LogP contribution is -1.83. The van der Waals surface area contributed by atoms with Crippen molar-refractivity contribution in [2.24, 2.45) is 9.98 Å². The highest BCUT2D eigenvalue weighted by Gasteiger charge is 1.97. The highest BCUT2D eigenvalue weighted by atomic mass is 16.3. The number of allylic oxidation sites excluding steroid dienone is 3. The Hall–Kier alpha value is -1.90. The van der Waals surface area contributed by atoms with E-state index < -0.39 is 0 Å². The van der Waals surface area contributed by atoms with Gasteiger partial charge >= 0.3 is 0 Å². The van der Waals surface area contributed by atoms with Crippen molar-refractivity contribution in [3.63, 3.8) is 0 Å². The third-order valence-corrected chi connectivity index (χ3v) is 2.22. The molecule has 0 saturated heterocycles. The third-order valence-electron chi connectivity index (χ3n) is 2.22. The standard InChI is InChI=1S/C13H14N2O.C2H6/c1-14-9-12-7-8-13(16-12)10-15-11-5-3-2-4-6-11;1-2/h3,5-10H,2,4H2,1H3;1-2H3. The Labute approximate surface area is 109 Å². The van der Waals surface area contributed by atoms with Crippen molar-refractivity contribution in [1.29, 1.82) is 0 Å². The van der Waals surface area contributed by atoms with Crippen molar-refractivity contribution >= 4 is 12.4 Å². The first-order chi connectivity index (χ1) is 8.88. The fourth-order valence-electron chi connectivity index (χ4n) is 1.47. The molecule has 1 aromatic heterocycles. The molecule has 2 rings (SSSR count). The Morgan fingerprint density at radius 1 is 1.11 bits per heavy atom. The maximum atomic E-state index is 5.47. The van der Waals surface area contributed by atoms with Crippen LogP contribution in [0.25, 0.3) is 0 Å². The number of hydrogen-bond donors (Lipinski definition) is 0. The van der Waals surface area contributed by atoms with Crippen LogP contribution in [0.4, 0.5) is 0 Å². The predicted octanol–water partition coefficient (Wildman–Crippen LogP) is 4.01. The second kappa shape index (κ2) is 8.23. The molecule has 1 aliphatic carbocycles. The van der Waals surface area contributed by atoms with Crippen LogP contribution in [0.15, 0.2) is 50.5 Å². The van der Waals surface area contributed by atoms with Crippen LogP contribution >= 0.6 is 0 Å². The Morgan fingerprint density at radius 2 is 1.83 bits per heavy atom. The quantitative estimate of drug-likeness (QED) is 0.740. The molecule has 0 saturated carbocycles. The lowest BCUT2D eigenvalue weighted by Gasteiger charge is -1.99. The number of rotatable bonds is 3. The number of furan rings is 1. The smallest absolute Gasteiger partial charge is 0.145 e. The number of hydrogen-bond acceptors (Lipinski definition) is 3. The van der Waals surface area contributed by atoms with Gasteiger partial charge in [-0.2, -0.15) is 0 Å². The van der Waals surface area contributed by atoms with Crippen molar-refractivity contribution in [3.8, 4) is 0 Å². The van der Waals surface area contributed by atoms with Crippen LogP contribution in [-0.2, 0) is 0 Å².